The van der Waals surface area contributed by atoms with E-state index in [9.17, 15) is 9.59 Å². The van der Waals surface area contributed by atoms with Crippen molar-refractivity contribution < 1.29 is 18.7 Å². The quantitative estimate of drug-likeness (QED) is 0.631. The lowest BCUT2D eigenvalue weighted by Gasteiger charge is -2.13. The van der Waals surface area contributed by atoms with E-state index < -0.39 is 0 Å². The van der Waals surface area contributed by atoms with Gasteiger partial charge in [-0.2, -0.15) is 0 Å². The SMILES string of the molecule is COC(=O)c1ccc(-c2ccc(CNc3ccc(C(=O)N(C)C)c(C)c3)o2)cc1. The fraction of sp³-hybridized carbons (Fsp3) is 0.217. The van der Waals surface area contributed by atoms with E-state index in [1.54, 1.807) is 31.1 Å². The lowest BCUT2D eigenvalue weighted by Crippen LogP contribution is -2.22. The van der Waals surface area contributed by atoms with Crippen LogP contribution in [0.1, 0.15) is 32.0 Å². The standard InChI is InChI=1S/C23H24N2O4/c1-15-13-18(9-11-20(15)22(26)25(2)3)24-14-19-10-12-21(29-19)16-5-7-17(8-6-16)23(27)28-4/h5-13,24H,14H2,1-4H3. The molecule has 0 aliphatic carbocycles. The minimum absolute atomic E-state index is 0.0112. The molecule has 1 amide bonds. The first kappa shape index (κ1) is 20.2. The molecule has 0 bridgehead atoms. The van der Waals surface area contributed by atoms with E-state index in [2.05, 4.69) is 5.32 Å². The van der Waals surface area contributed by atoms with Crippen LogP contribution in [0.15, 0.2) is 59.0 Å². The first-order valence-corrected chi connectivity index (χ1v) is 9.22. The van der Waals surface area contributed by atoms with Crippen molar-refractivity contribution >= 4 is 17.6 Å². The third kappa shape index (κ3) is 4.66. The average Bonchev–Trinajstić information content (AvgIpc) is 3.20. The number of anilines is 1. The van der Waals surface area contributed by atoms with Gasteiger partial charge in [0, 0.05) is 30.9 Å². The van der Waals surface area contributed by atoms with Crippen LogP contribution >= 0.6 is 0 Å². The lowest BCUT2D eigenvalue weighted by atomic mass is 10.1. The highest BCUT2D eigenvalue weighted by atomic mass is 16.5. The van der Waals surface area contributed by atoms with Gasteiger partial charge in [-0.1, -0.05) is 12.1 Å². The fourth-order valence-electron chi connectivity index (χ4n) is 2.96. The summed E-state index contributed by atoms with van der Waals surface area (Å²) in [6, 6.07) is 16.5. The van der Waals surface area contributed by atoms with Crippen LogP contribution in [-0.4, -0.2) is 38.0 Å². The predicted octanol–water partition coefficient (Wildman–Crippen LogP) is 4.36. The number of carbonyl (C=O) groups excluding carboxylic acids is 2. The summed E-state index contributed by atoms with van der Waals surface area (Å²) in [7, 11) is 4.84. The monoisotopic (exact) mass is 392 g/mol. The highest BCUT2D eigenvalue weighted by Crippen LogP contribution is 2.24. The van der Waals surface area contributed by atoms with Crippen LogP contribution in [0.5, 0.6) is 0 Å². The molecule has 0 atom stereocenters. The molecule has 1 aromatic heterocycles. The van der Waals surface area contributed by atoms with Crippen LogP contribution in [0.4, 0.5) is 5.69 Å². The molecule has 0 spiro atoms. The zero-order chi connectivity index (χ0) is 21.0. The van der Waals surface area contributed by atoms with Crippen molar-refractivity contribution in [2.75, 3.05) is 26.5 Å². The van der Waals surface area contributed by atoms with Gasteiger partial charge in [-0.05, 0) is 55.0 Å². The van der Waals surface area contributed by atoms with Crippen molar-refractivity contribution in [3.8, 4) is 11.3 Å². The van der Waals surface area contributed by atoms with E-state index in [1.165, 1.54) is 7.11 Å². The normalized spacial score (nSPS) is 10.5. The van der Waals surface area contributed by atoms with Crippen molar-refractivity contribution in [3.63, 3.8) is 0 Å². The number of esters is 1. The van der Waals surface area contributed by atoms with Crippen molar-refractivity contribution in [1.29, 1.82) is 0 Å². The van der Waals surface area contributed by atoms with Gasteiger partial charge in [0.1, 0.15) is 11.5 Å². The molecule has 0 aliphatic heterocycles. The van der Waals surface area contributed by atoms with Gasteiger partial charge in [-0.3, -0.25) is 4.79 Å². The van der Waals surface area contributed by atoms with Crippen molar-refractivity contribution in [1.82, 2.24) is 4.90 Å². The number of ether oxygens (including phenoxy) is 1. The topological polar surface area (TPSA) is 71.8 Å². The van der Waals surface area contributed by atoms with Gasteiger partial charge in [0.25, 0.3) is 5.91 Å². The lowest BCUT2D eigenvalue weighted by molar-refractivity contribution is 0.0600. The number of aryl methyl sites for hydroxylation is 1. The summed E-state index contributed by atoms with van der Waals surface area (Å²) in [6.07, 6.45) is 0. The Hall–Kier alpha value is -3.54. The Balaban J connectivity index is 1.66. The van der Waals surface area contributed by atoms with Gasteiger partial charge in [0.15, 0.2) is 0 Å². The van der Waals surface area contributed by atoms with Crippen LogP contribution in [-0.2, 0) is 11.3 Å². The van der Waals surface area contributed by atoms with E-state index >= 15 is 0 Å². The molecule has 150 valence electrons. The van der Waals surface area contributed by atoms with E-state index in [4.69, 9.17) is 9.15 Å². The summed E-state index contributed by atoms with van der Waals surface area (Å²) >= 11 is 0. The summed E-state index contributed by atoms with van der Waals surface area (Å²) in [6.45, 7) is 2.44. The molecule has 0 radical (unpaired) electrons. The third-order valence-electron chi connectivity index (χ3n) is 4.58. The summed E-state index contributed by atoms with van der Waals surface area (Å²) in [4.78, 5) is 25.2. The van der Waals surface area contributed by atoms with Gasteiger partial charge in [0.05, 0.1) is 19.2 Å². The van der Waals surface area contributed by atoms with E-state index in [1.807, 2.05) is 49.4 Å². The molecule has 0 saturated heterocycles. The highest BCUT2D eigenvalue weighted by Gasteiger charge is 2.12. The Bertz CT molecular complexity index is 1020. The van der Waals surface area contributed by atoms with Crippen LogP contribution in [0, 0.1) is 6.92 Å². The maximum Gasteiger partial charge on any atom is 0.337 e. The molecule has 6 nitrogen and oxygen atoms in total. The van der Waals surface area contributed by atoms with Crippen LogP contribution < -0.4 is 5.32 Å². The summed E-state index contributed by atoms with van der Waals surface area (Å²) < 4.78 is 10.6. The molecule has 0 aliphatic rings. The van der Waals surface area contributed by atoms with Gasteiger partial charge in [-0.15, -0.1) is 0 Å². The van der Waals surface area contributed by atoms with Gasteiger partial charge < -0.3 is 19.4 Å². The largest absolute Gasteiger partial charge is 0.465 e. The van der Waals surface area contributed by atoms with Gasteiger partial charge in [-0.25, -0.2) is 4.79 Å². The number of carbonyl (C=O) groups is 2. The number of benzene rings is 2. The number of nitrogens with zero attached hydrogens (tertiary/aromatic N) is 1. The van der Waals surface area contributed by atoms with Crippen LogP contribution in [0.3, 0.4) is 0 Å². The fourth-order valence-corrected chi connectivity index (χ4v) is 2.96. The summed E-state index contributed by atoms with van der Waals surface area (Å²) in [5, 5.41) is 3.31. The Morgan fingerprint density at radius 2 is 1.76 bits per heavy atom. The highest BCUT2D eigenvalue weighted by molar-refractivity contribution is 5.95. The number of methoxy groups -OCH3 is 1. The Morgan fingerprint density at radius 1 is 1.03 bits per heavy atom. The molecule has 2 aromatic carbocycles. The number of hydrogen-bond donors (Lipinski definition) is 1. The molecule has 29 heavy (non-hydrogen) atoms. The van der Waals surface area contributed by atoms with Crippen LogP contribution in [0.2, 0.25) is 0 Å². The second kappa shape index (κ2) is 8.65. The molecular weight excluding hydrogens is 368 g/mol. The van der Waals surface area contributed by atoms with E-state index in [0.717, 1.165) is 28.3 Å². The predicted molar refractivity (Wildman–Crippen MR) is 112 cm³/mol. The van der Waals surface area contributed by atoms with Crippen LogP contribution in [0.25, 0.3) is 11.3 Å². The second-order valence-electron chi connectivity index (χ2n) is 6.92. The molecule has 3 aromatic rings. The van der Waals surface area contributed by atoms with Crippen molar-refractivity contribution in [3.05, 3.63) is 77.0 Å². The summed E-state index contributed by atoms with van der Waals surface area (Å²) in [5.74, 6) is 1.13. The molecule has 1 heterocycles. The minimum Gasteiger partial charge on any atom is -0.465 e. The number of rotatable bonds is 6. The van der Waals surface area contributed by atoms with Crippen molar-refractivity contribution in [2.24, 2.45) is 0 Å². The van der Waals surface area contributed by atoms with Crippen molar-refractivity contribution in [2.45, 2.75) is 13.5 Å². The van der Waals surface area contributed by atoms with E-state index in [-0.39, 0.29) is 11.9 Å². The molecular formula is C23H24N2O4. The molecule has 3 rings (SSSR count). The first-order valence-electron chi connectivity index (χ1n) is 9.22. The molecule has 6 heteroatoms. The maximum absolute atomic E-state index is 12.1. The number of furan rings is 1. The maximum atomic E-state index is 12.1. The zero-order valence-corrected chi connectivity index (χ0v) is 17.0. The Labute approximate surface area is 170 Å². The van der Waals surface area contributed by atoms with E-state index in [0.29, 0.717) is 17.7 Å². The Kier molecular flexibility index (Phi) is 6.02. The zero-order valence-electron chi connectivity index (χ0n) is 17.0. The van der Waals surface area contributed by atoms with Gasteiger partial charge >= 0.3 is 5.97 Å². The summed E-state index contributed by atoms with van der Waals surface area (Å²) in [5.41, 5.74) is 3.90. The average molecular weight is 392 g/mol. The molecule has 0 unspecified atom stereocenters. The Morgan fingerprint density at radius 3 is 2.38 bits per heavy atom. The molecule has 0 fully saturated rings. The smallest absolute Gasteiger partial charge is 0.337 e. The first-order chi connectivity index (χ1) is 13.9. The third-order valence-corrected chi connectivity index (χ3v) is 4.58. The molecule has 0 saturated carbocycles. The second-order valence-corrected chi connectivity index (χ2v) is 6.92. The number of hydrogen-bond acceptors (Lipinski definition) is 5. The van der Waals surface area contributed by atoms with Gasteiger partial charge in [0.2, 0.25) is 0 Å². The number of nitrogens with one attached hydrogen (secondary N) is 1. The minimum atomic E-state index is -0.366. The number of amides is 1. The molecule has 1 N–H and O–H groups in total.